The Hall–Kier alpha value is 0.0739. The fourth-order valence-corrected chi connectivity index (χ4v) is 1.25. The molecule has 0 aromatic heterocycles. The molecule has 13 heavy (non-hydrogen) atoms. The van der Waals surface area contributed by atoms with Crippen molar-refractivity contribution < 1.29 is 42.3 Å². The summed E-state index contributed by atoms with van der Waals surface area (Å²) < 4.78 is 0. The van der Waals surface area contributed by atoms with E-state index in [-0.39, 0.29) is 38.6 Å². The van der Waals surface area contributed by atoms with Crippen LogP contribution in [-0.4, -0.2) is 37.4 Å². The predicted octanol–water partition coefficient (Wildman–Crippen LogP) is -0.533. The Labute approximate surface area is 103 Å². The van der Waals surface area contributed by atoms with Gasteiger partial charge in [-0.15, -0.1) is 0 Å². The summed E-state index contributed by atoms with van der Waals surface area (Å²) >= 11 is 0. The zero-order valence-corrected chi connectivity index (χ0v) is 10.5. The maximum Gasteiger partial charge on any atom is 0.0694 e. The van der Waals surface area contributed by atoms with E-state index in [4.69, 9.17) is 0 Å². The van der Waals surface area contributed by atoms with Crippen LogP contribution in [-0.2, 0) is 42.3 Å². The van der Waals surface area contributed by atoms with Crippen LogP contribution in [0.1, 0.15) is 12.8 Å². The van der Waals surface area contributed by atoms with Gasteiger partial charge in [0.15, 0.2) is 0 Å². The van der Waals surface area contributed by atoms with Crippen LogP contribution in [0.5, 0.6) is 0 Å². The van der Waals surface area contributed by atoms with Gasteiger partial charge in [0.25, 0.3) is 0 Å². The van der Waals surface area contributed by atoms with Crippen LogP contribution in [0.4, 0.5) is 0 Å². The number of carbonyl (C=O) groups excluding carboxylic acids is 2. The van der Waals surface area contributed by atoms with Crippen molar-refractivity contribution in [3.8, 4) is 0 Å². The van der Waals surface area contributed by atoms with Crippen LogP contribution in [0.3, 0.4) is 0 Å². The molecule has 1 aliphatic rings. The first kappa shape index (κ1) is 13.1. The van der Waals surface area contributed by atoms with E-state index < -0.39 is 0 Å². The van der Waals surface area contributed by atoms with Crippen molar-refractivity contribution in [1.29, 1.82) is 0 Å². The van der Waals surface area contributed by atoms with Gasteiger partial charge >= 0.3 is 0 Å². The maximum absolute atomic E-state index is 11.1. The molecule has 0 unspecified atom stereocenters. The van der Waals surface area contributed by atoms with E-state index in [1.54, 1.807) is 0 Å². The van der Waals surface area contributed by atoms with Crippen molar-refractivity contribution in [2.24, 2.45) is 0 Å². The van der Waals surface area contributed by atoms with Gasteiger partial charge in [0.1, 0.15) is 0 Å². The summed E-state index contributed by atoms with van der Waals surface area (Å²) in [5.41, 5.74) is 0. The Morgan fingerprint density at radius 3 is 2.46 bits per heavy atom. The van der Waals surface area contributed by atoms with Gasteiger partial charge in [-0.2, -0.15) is 12.8 Å². The molecule has 71 valence electrons. The van der Waals surface area contributed by atoms with Gasteiger partial charge in [0, 0.05) is 32.7 Å². The molecule has 1 rings (SSSR count). The van der Waals surface area contributed by atoms with Crippen molar-refractivity contribution in [1.82, 2.24) is 10.2 Å². The fourth-order valence-electron chi connectivity index (χ4n) is 1.25. The number of rotatable bonds is 2. The molecule has 0 aromatic rings. The molecule has 1 saturated heterocycles. The smallest absolute Gasteiger partial charge is 0.0694 e. The number of amides is 2. The zero-order chi connectivity index (χ0) is 8.97. The average Bonchev–Trinajstić information content (AvgIpc) is 2.06. The molecular formula is C8H12N2O2Y-2. The van der Waals surface area contributed by atoms with E-state index in [2.05, 4.69) is 4.90 Å². The van der Waals surface area contributed by atoms with Gasteiger partial charge in [-0.1, -0.05) is 5.91 Å². The van der Waals surface area contributed by atoms with E-state index >= 15 is 0 Å². The first-order valence-electron chi connectivity index (χ1n) is 3.95. The first-order chi connectivity index (χ1) is 5.74. The minimum absolute atomic E-state index is 0. The summed E-state index contributed by atoms with van der Waals surface area (Å²) in [7, 11) is 2.01. The summed E-state index contributed by atoms with van der Waals surface area (Å²) in [6.07, 6.45) is 2.90. The van der Waals surface area contributed by atoms with E-state index in [1.165, 1.54) is 6.41 Å². The molecule has 2 amide bonds. The number of nitrogens with zero attached hydrogens (tertiary/aromatic N) is 1. The van der Waals surface area contributed by atoms with Gasteiger partial charge in [0.2, 0.25) is 0 Å². The molecule has 0 spiro atoms. The molecule has 0 aliphatic carbocycles. The Morgan fingerprint density at radius 1 is 1.46 bits per heavy atom. The number of imide groups is 1. The van der Waals surface area contributed by atoms with E-state index in [1.807, 2.05) is 12.4 Å². The fraction of sp³-hybridized carbons (Fsp3) is 0.625. The van der Waals surface area contributed by atoms with E-state index in [9.17, 15) is 9.59 Å². The minimum atomic E-state index is -0.266. The Bertz CT molecular complexity index is 179. The predicted molar refractivity (Wildman–Crippen MR) is 43.8 cm³/mol. The second-order valence-electron chi connectivity index (χ2n) is 2.96. The number of carbonyl (C=O) groups is 1. The molecular weight excluding hydrogens is 245 g/mol. The quantitative estimate of drug-likeness (QED) is 0.534. The first-order valence-corrected chi connectivity index (χ1v) is 3.95. The molecule has 1 fully saturated rings. The molecule has 1 aliphatic heterocycles. The number of hydrogen-bond donors (Lipinski definition) is 1. The monoisotopic (exact) mass is 257 g/mol. The van der Waals surface area contributed by atoms with Crippen molar-refractivity contribution in [3.63, 3.8) is 0 Å². The summed E-state index contributed by atoms with van der Waals surface area (Å²) in [4.78, 5) is 23.1. The van der Waals surface area contributed by atoms with Gasteiger partial charge in [-0.25, -0.2) is 0 Å². The molecule has 4 nitrogen and oxygen atoms in total. The van der Waals surface area contributed by atoms with Gasteiger partial charge in [0.05, 0.1) is 6.41 Å². The second-order valence-corrected chi connectivity index (χ2v) is 2.96. The Morgan fingerprint density at radius 2 is 2.00 bits per heavy atom. The van der Waals surface area contributed by atoms with Crippen LogP contribution in [0.25, 0.3) is 0 Å². The molecule has 1 radical (unpaired) electrons. The molecule has 5 heteroatoms. The Kier molecular flexibility index (Phi) is 6.55. The third kappa shape index (κ3) is 4.20. The average molecular weight is 257 g/mol. The van der Waals surface area contributed by atoms with Crippen LogP contribution < -0.4 is 5.32 Å². The number of piperidine rings is 1. The SMILES string of the molecule is CN1CC[C-](C(=O)N[C-]=O)CC1.[Y]. The largest absolute Gasteiger partial charge is 0.486 e. The van der Waals surface area contributed by atoms with Crippen LogP contribution >= 0.6 is 0 Å². The molecule has 1 heterocycles. The van der Waals surface area contributed by atoms with Crippen LogP contribution in [0, 0.1) is 5.92 Å². The van der Waals surface area contributed by atoms with Crippen molar-refractivity contribution in [2.75, 3.05) is 20.1 Å². The molecule has 1 N–H and O–H groups in total. The maximum atomic E-state index is 11.1. The van der Waals surface area contributed by atoms with E-state index in [0.717, 1.165) is 31.8 Å². The summed E-state index contributed by atoms with van der Waals surface area (Å²) in [5, 5.41) is 2.03. The standard InChI is InChI=1S/C8H12N2O2.Y/c1-10-4-2-7(3-5-10)8(12)9-6-11;/h2-5H2,1H3,(H,9,11,12);/q-2;. The Balaban J connectivity index is 0.00000144. The van der Waals surface area contributed by atoms with Crippen molar-refractivity contribution in [3.05, 3.63) is 5.92 Å². The minimum Gasteiger partial charge on any atom is -0.486 e. The summed E-state index contributed by atoms with van der Waals surface area (Å²) in [6.45, 7) is 1.78. The van der Waals surface area contributed by atoms with Crippen LogP contribution in [0.2, 0.25) is 0 Å². The van der Waals surface area contributed by atoms with Crippen molar-refractivity contribution >= 4 is 12.3 Å². The molecule has 0 bridgehead atoms. The number of likely N-dealkylation sites (tertiary alicyclic amines) is 1. The second kappa shape index (κ2) is 6.52. The van der Waals surface area contributed by atoms with Gasteiger partial charge in [-0.05, 0) is 20.1 Å². The normalized spacial score (nSPS) is 17.5. The zero-order valence-electron chi connectivity index (χ0n) is 7.67. The summed E-state index contributed by atoms with van der Waals surface area (Å²) in [5.74, 6) is 0.537. The summed E-state index contributed by atoms with van der Waals surface area (Å²) in [6, 6.07) is 0. The molecule has 0 atom stereocenters. The van der Waals surface area contributed by atoms with Gasteiger partial charge < -0.3 is 25.7 Å². The topological polar surface area (TPSA) is 49.4 Å². The molecule has 0 saturated carbocycles. The van der Waals surface area contributed by atoms with Gasteiger partial charge in [-0.3, -0.25) is 0 Å². The third-order valence-corrected chi connectivity index (χ3v) is 2.08. The van der Waals surface area contributed by atoms with Crippen LogP contribution in [0.15, 0.2) is 0 Å². The third-order valence-electron chi connectivity index (χ3n) is 2.08. The van der Waals surface area contributed by atoms with E-state index in [0.29, 0.717) is 0 Å². The van der Waals surface area contributed by atoms with Crippen molar-refractivity contribution in [2.45, 2.75) is 12.8 Å². The molecule has 0 aromatic carbocycles. The number of nitrogens with one attached hydrogen (secondary N) is 1. The number of hydrogen-bond acceptors (Lipinski definition) is 3.